The zero-order valence-electron chi connectivity index (χ0n) is 14.4. The molecule has 2 aromatic carbocycles. The maximum atomic E-state index is 12.4. The van der Waals surface area contributed by atoms with Crippen molar-refractivity contribution in [1.29, 1.82) is 0 Å². The molecular weight excluding hydrogens is 336 g/mol. The van der Waals surface area contributed by atoms with E-state index in [1.54, 1.807) is 24.1 Å². The van der Waals surface area contributed by atoms with Crippen LogP contribution in [0.1, 0.15) is 0 Å². The predicted octanol–water partition coefficient (Wildman–Crippen LogP) is 2.96. The Morgan fingerprint density at radius 3 is 2.54 bits per heavy atom. The highest BCUT2D eigenvalue weighted by Crippen LogP contribution is 2.28. The number of methoxy groups -OCH3 is 1. The highest BCUT2D eigenvalue weighted by atomic mass is 16.6. The van der Waals surface area contributed by atoms with E-state index < -0.39 is 4.92 Å². The van der Waals surface area contributed by atoms with Crippen molar-refractivity contribution in [3.8, 4) is 5.75 Å². The van der Waals surface area contributed by atoms with Gasteiger partial charge in [0.25, 0.3) is 5.69 Å². The molecule has 0 spiro atoms. The van der Waals surface area contributed by atoms with Crippen LogP contribution in [0.15, 0.2) is 48.5 Å². The van der Waals surface area contributed by atoms with Crippen molar-refractivity contribution in [2.45, 2.75) is 0 Å². The summed E-state index contributed by atoms with van der Waals surface area (Å²) in [6.45, 7) is 2.48. The van der Waals surface area contributed by atoms with Gasteiger partial charge in [0.2, 0.25) is 0 Å². The maximum absolute atomic E-state index is 12.4. The number of para-hydroxylation sites is 2. The second kappa shape index (κ2) is 7.73. The molecule has 0 radical (unpaired) electrons. The summed E-state index contributed by atoms with van der Waals surface area (Å²) in [4.78, 5) is 26.6. The molecule has 1 saturated heterocycles. The van der Waals surface area contributed by atoms with Crippen molar-refractivity contribution in [2.75, 3.05) is 43.5 Å². The van der Waals surface area contributed by atoms with Gasteiger partial charge in [-0.3, -0.25) is 10.1 Å². The molecule has 3 rings (SSSR count). The minimum atomic E-state index is -0.484. The summed E-state index contributed by atoms with van der Waals surface area (Å²) in [5.74, 6) is 0.807. The molecule has 0 unspecified atom stereocenters. The van der Waals surface area contributed by atoms with Crippen molar-refractivity contribution >= 4 is 23.1 Å². The van der Waals surface area contributed by atoms with Crippen LogP contribution in [-0.4, -0.2) is 49.1 Å². The van der Waals surface area contributed by atoms with Gasteiger partial charge in [-0.15, -0.1) is 0 Å². The second-order valence-corrected chi connectivity index (χ2v) is 5.88. The Bertz CT molecular complexity index is 803. The van der Waals surface area contributed by atoms with Gasteiger partial charge in [-0.05, 0) is 18.2 Å². The average molecular weight is 356 g/mol. The molecule has 0 aromatic heterocycles. The Kier molecular flexibility index (Phi) is 5.21. The summed E-state index contributed by atoms with van der Waals surface area (Å²) in [7, 11) is 1.64. The molecule has 1 aliphatic heterocycles. The van der Waals surface area contributed by atoms with E-state index in [1.807, 2.05) is 24.3 Å². The minimum absolute atomic E-state index is 0.0520. The number of piperazine rings is 1. The summed E-state index contributed by atoms with van der Waals surface area (Å²) >= 11 is 0. The number of anilines is 2. The third kappa shape index (κ3) is 3.85. The van der Waals surface area contributed by atoms with Gasteiger partial charge in [0, 0.05) is 44.0 Å². The average Bonchev–Trinajstić information content (AvgIpc) is 2.68. The summed E-state index contributed by atoms with van der Waals surface area (Å²) in [5, 5.41) is 13.6. The van der Waals surface area contributed by atoms with Gasteiger partial charge in [-0.1, -0.05) is 18.2 Å². The molecule has 2 amide bonds. The quantitative estimate of drug-likeness (QED) is 0.672. The summed E-state index contributed by atoms with van der Waals surface area (Å²) in [6.07, 6.45) is 0. The van der Waals surface area contributed by atoms with Crippen LogP contribution in [0.25, 0.3) is 0 Å². The van der Waals surface area contributed by atoms with Crippen LogP contribution in [0, 0.1) is 10.1 Å². The first-order valence-corrected chi connectivity index (χ1v) is 8.27. The number of nitrogens with zero attached hydrogens (tertiary/aromatic N) is 3. The number of nitro benzene ring substituents is 1. The topological polar surface area (TPSA) is 88.0 Å². The molecule has 1 heterocycles. The molecule has 2 aromatic rings. The van der Waals surface area contributed by atoms with Crippen LogP contribution in [-0.2, 0) is 0 Å². The number of benzene rings is 2. The number of non-ortho nitro benzene ring substituents is 1. The lowest BCUT2D eigenvalue weighted by Crippen LogP contribution is -2.50. The highest BCUT2D eigenvalue weighted by Gasteiger charge is 2.23. The molecule has 1 fully saturated rings. The normalized spacial score (nSPS) is 14.0. The van der Waals surface area contributed by atoms with Crippen molar-refractivity contribution in [3.05, 3.63) is 58.6 Å². The van der Waals surface area contributed by atoms with Gasteiger partial charge in [-0.2, -0.15) is 0 Å². The third-order valence-corrected chi connectivity index (χ3v) is 4.30. The van der Waals surface area contributed by atoms with Crippen LogP contribution in [0.4, 0.5) is 21.9 Å². The lowest BCUT2D eigenvalue weighted by atomic mass is 10.2. The van der Waals surface area contributed by atoms with Crippen molar-refractivity contribution in [3.63, 3.8) is 0 Å². The standard InChI is InChI=1S/C18H20N4O4/c1-26-17-8-3-2-7-16(17)20-9-11-21(12-10-20)18(23)19-14-5-4-6-15(13-14)22(24)25/h2-8,13H,9-12H2,1H3,(H,19,23). The Morgan fingerprint density at radius 1 is 1.12 bits per heavy atom. The number of nitro groups is 1. The van der Waals surface area contributed by atoms with E-state index in [0.717, 1.165) is 11.4 Å². The van der Waals surface area contributed by atoms with Crippen molar-refractivity contribution < 1.29 is 14.5 Å². The Labute approximate surface area is 151 Å². The second-order valence-electron chi connectivity index (χ2n) is 5.88. The van der Waals surface area contributed by atoms with Gasteiger partial charge in [0.1, 0.15) is 5.75 Å². The van der Waals surface area contributed by atoms with Gasteiger partial charge >= 0.3 is 6.03 Å². The zero-order chi connectivity index (χ0) is 18.5. The van der Waals surface area contributed by atoms with E-state index >= 15 is 0 Å². The largest absolute Gasteiger partial charge is 0.495 e. The smallest absolute Gasteiger partial charge is 0.321 e. The molecule has 0 aliphatic carbocycles. The lowest BCUT2D eigenvalue weighted by molar-refractivity contribution is -0.384. The predicted molar refractivity (Wildman–Crippen MR) is 98.9 cm³/mol. The number of urea groups is 1. The lowest BCUT2D eigenvalue weighted by Gasteiger charge is -2.36. The molecular formula is C18H20N4O4. The number of nitrogens with one attached hydrogen (secondary N) is 1. The molecule has 0 bridgehead atoms. The Morgan fingerprint density at radius 2 is 1.85 bits per heavy atom. The Hall–Kier alpha value is -3.29. The number of hydrogen-bond acceptors (Lipinski definition) is 5. The van der Waals surface area contributed by atoms with E-state index in [-0.39, 0.29) is 11.7 Å². The van der Waals surface area contributed by atoms with Crippen molar-refractivity contribution in [1.82, 2.24) is 4.90 Å². The van der Waals surface area contributed by atoms with Crippen LogP contribution in [0.2, 0.25) is 0 Å². The van der Waals surface area contributed by atoms with Crippen LogP contribution >= 0.6 is 0 Å². The van der Waals surface area contributed by atoms with Crippen LogP contribution in [0.5, 0.6) is 5.75 Å². The summed E-state index contributed by atoms with van der Waals surface area (Å²) in [6, 6.07) is 13.5. The molecule has 26 heavy (non-hydrogen) atoms. The first kappa shape index (κ1) is 17.5. The van der Waals surface area contributed by atoms with E-state index in [9.17, 15) is 14.9 Å². The fraction of sp³-hybridized carbons (Fsp3) is 0.278. The number of carbonyl (C=O) groups is 1. The molecule has 1 aliphatic rings. The molecule has 8 heteroatoms. The van der Waals surface area contributed by atoms with E-state index in [2.05, 4.69) is 10.2 Å². The van der Waals surface area contributed by atoms with Crippen LogP contribution < -0.4 is 15.0 Å². The fourth-order valence-electron chi connectivity index (χ4n) is 2.94. The minimum Gasteiger partial charge on any atom is -0.495 e. The Balaban J connectivity index is 1.60. The SMILES string of the molecule is COc1ccccc1N1CCN(C(=O)Nc2cccc([N+](=O)[O-])c2)CC1. The molecule has 1 N–H and O–H groups in total. The first-order valence-electron chi connectivity index (χ1n) is 8.27. The third-order valence-electron chi connectivity index (χ3n) is 4.30. The molecule has 0 atom stereocenters. The zero-order valence-corrected chi connectivity index (χ0v) is 14.4. The van der Waals surface area contributed by atoms with Gasteiger partial charge in [-0.25, -0.2) is 4.79 Å². The fourth-order valence-corrected chi connectivity index (χ4v) is 2.94. The number of rotatable bonds is 4. The number of hydrogen-bond donors (Lipinski definition) is 1. The van der Waals surface area contributed by atoms with Gasteiger partial charge < -0.3 is 19.9 Å². The van der Waals surface area contributed by atoms with Crippen molar-refractivity contribution in [2.24, 2.45) is 0 Å². The molecule has 8 nitrogen and oxygen atoms in total. The highest BCUT2D eigenvalue weighted by molar-refractivity contribution is 5.89. The van der Waals surface area contributed by atoms with E-state index in [1.165, 1.54) is 12.1 Å². The molecule has 0 saturated carbocycles. The van der Waals surface area contributed by atoms with Crippen LogP contribution in [0.3, 0.4) is 0 Å². The summed E-state index contributed by atoms with van der Waals surface area (Å²) < 4.78 is 5.39. The van der Waals surface area contributed by atoms with E-state index in [4.69, 9.17) is 4.74 Å². The monoisotopic (exact) mass is 356 g/mol. The number of ether oxygens (including phenoxy) is 1. The number of amides is 2. The number of carbonyl (C=O) groups excluding carboxylic acids is 1. The van der Waals surface area contributed by atoms with E-state index in [0.29, 0.717) is 31.9 Å². The first-order chi connectivity index (χ1) is 12.6. The van der Waals surface area contributed by atoms with Gasteiger partial charge in [0.05, 0.1) is 17.7 Å². The maximum Gasteiger partial charge on any atom is 0.321 e. The summed E-state index contributed by atoms with van der Waals surface area (Å²) in [5.41, 5.74) is 1.37. The van der Waals surface area contributed by atoms with Gasteiger partial charge in [0.15, 0.2) is 0 Å². The molecule has 136 valence electrons.